The number of benzene rings is 2. The number of H-pyrrole nitrogens is 1. The fourth-order valence-electron chi connectivity index (χ4n) is 6.08. The second-order valence-electron chi connectivity index (χ2n) is 10.4. The van der Waals surface area contributed by atoms with E-state index < -0.39 is 11.9 Å². The van der Waals surface area contributed by atoms with Crippen LogP contribution >= 0.6 is 0 Å². The average molecular weight is 515 g/mol. The lowest BCUT2D eigenvalue weighted by atomic mass is 9.87. The lowest BCUT2D eigenvalue weighted by molar-refractivity contribution is -0.136. The molecule has 0 aliphatic carbocycles. The highest BCUT2D eigenvalue weighted by atomic mass is 16.5. The second kappa shape index (κ2) is 9.31. The van der Waals surface area contributed by atoms with Crippen LogP contribution in [-0.4, -0.2) is 64.7 Å². The number of fused-ring (bicyclic) bond motifs is 2. The number of imide groups is 1. The van der Waals surface area contributed by atoms with E-state index >= 15 is 0 Å². The van der Waals surface area contributed by atoms with Crippen LogP contribution < -0.4 is 10.1 Å². The molecule has 4 heterocycles. The van der Waals surface area contributed by atoms with Crippen LogP contribution in [0.1, 0.15) is 69.1 Å². The van der Waals surface area contributed by atoms with Crippen molar-refractivity contribution in [3.05, 3.63) is 64.3 Å². The molecule has 6 rings (SSSR count). The molecule has 2 fully saturated rings. The van der Waals surface area contributed by atoms with Crippen molar-refractivity contribution < 1.29 is 23.9 Å². The zero-order chi connectivity index (χ0) is 26.6. The number of amides is 4. The number of aromatic nitrogens is 1. The highest BCUT2D eigenvalue weighted by molar-refractivity contribution is 6.05. The number of likely N-dealkylation sites (tertiary alicyclic amines) is 1. The summed E-state index contributed by atoms with van der Waals surface area (Å²) in [7, 11) is 1.63. The van der Waals surface area contributed by atoms with E-state index in [9.17, 15) is 19.2 Å². The van der Waals surface area contributed by atoms with Crippen LogP contribution in [0.4, 0.5) is 0 Å². The minimum atomic E-state index is -0.612. The maximum atomic E-state index is 13.4. The predicted octanol–water partition coefficient (Wildman–Crippen LogP) is 3.27. The third-order valence-electron chi connectivity index (χ3n) is 8.28. The van der Waals surface area contributed by atoms with Gasteiger partial charge in [-0.1, -0.05) is 12.1 Å². The summed E-state index contributed by atoms with van der Waals surface area (Å²) in [4.78, 5) is 57.0. The van der Waals surface area contributed by atoms with E-state index in [0.29, 0.717) is 37.3 Å². The average Bonchev–Trinajstić information content (AvgIpc) is 3.44. The number of nitrogens with one attached hydrogen (secondary N) is 2. The first-order chi connectivity index (χ1) is 18.3. The number of piperidine rings is 2. The Balaban J connectivity index is 1.13. The summed E-state index contributed by atoms with van der Waals surface area (Å²) in [5.74, 6) is 0.196. The van der Waals surface area contributed by atoms with Crippen molar-refractivity contribution in [2.24, 2.45) is 0 Å². The summed E-state index contributed by atoms with van der Waals surface area (Å²) < 4.78 is 5.31. The molecule has 3 aliphatic heterocycles. The molecule has 1 unspecified atom stereocenters. The maximum Gasteiger partial charge on any atom is 0.270 e. The molecule has 0 saturated carbocycles. The van der Waals surface area contributed by atoms with E-state index in [1.807, 2.05) is 42.2 Å². The fourth-order valence-corrected chi connectivity index (χ4v) is 6.08. The van der Waals surface area contributed by atoms with Crippen LogP contribution in [0.3, 0.4) is 0 Å². The molecule has 2 saturated heterocycles. The van der Waals surface area contributed by atoms with Gasteiger partial charge < -0.3 is 19.5 Å². The summed E-state index contributed by atoms with van der Waals surface area (Å²) in [5, 5.41) is 3.36. The van der Waals surface area contributed by atoms with E-state index in [1.165, 1.54) is 0 Å². The Kier molecular flexibility index (Phi) is 5.93. The molecule has 0 spiro atoms. The molecule has 196 valence electrons. The van der Waals surface area contributed by atoms with Crippen molar-refractivity contribution in [3.63, 3.8) is 0 Å². The molecule has 9 nitrogen and oxygen atoms in total. The van der Waals surface area contributed by atoms with Gasteiger partial charge in [0.25, 0.3) is 11.8 Å². The van der Waals surface area contributed by atoms with E-state index in [0.717, 1.165) is 46.2 Å². The Morgan fingerprint density at radius 2 is 1.82 bits per heavy atom. The minimum Gasteiger partial charge on any atom is -0.497 e. The minimum absolute atomic E-state index is 0.00977. The molecule has 3 aliphatic rings. The standard InChI is InChI=1S/C29H30N4O5/c1-16-21-6-4-20(38-2)14-23(21)30-26(16)29(37)32-11-9-17(10-12-32)18-3-5-22-19(13-18)15-33(28(22)36)24-7-8-25(34)31-27(24)35/h3-6,13-14,17,24,30H,7-12,15H2,1-2H3,(H,31,34,35). The summed E-state index contributed by atoms with van der Waals surface area (Å²) in [6.45, 7) is 3.64. The SMILES string of the molecule is COc1ccc2c(C)c(C(=O)N3CCC(c4ccc5c(c4)CN(C4CCC(=O)NC4=O)C5=O)CC3)[nH]c2c1. The van der Waals surface area contributed by atoms with Crippen molar-refractivity contribution in [1.29, 1.82) is 0 Å². The summed E-state index contributed by atoms with van der Waals surface area (Å²) in [6.07, 6.45) is 2.27. The molecule has 2 N–H and O–H groups in total. The zero-order valence-corrected chi connectivity index (χ0v) is 21.5. The lowest BCUT2D eigenvalue weighted by Gasteiger charge is -2.32. The number of rotatable bonds is 4. The van der Waals surface area contributed by atoms with Crippen molar-refractivity contribution in [2.45, 2.75) is 51.1 Å². The molecule has 0 radical (unpaired) electrons. The van der Waals surface area contributed by atoms with Crippen LogP contribution in [0, 0.1) is 6.92 Å². The van der Waals surface area contributed by atoms with Gasteiger partial charge in [-0.3, -0.25) is 24.5 Å². The van der Waals surface area contributed by atoms with Crippen molar-refractivity contribution in [3.8, 4) is 5.75 Å². The molecule has 9 heteroatoms. The molecule has 0 bridgehead atoms. The lowest BCUT2D eigenvalue weighted by Crippen LogP contribution is -2.52. The third-order valence-corrected chi connectivity index (χ3v) is 8.28. The Labute approximate surface area is 220 Å². The number of aromatic amines is 1. The van der Waals surface area contributed by atoms with Gasteiger partial charge in [0.2, 0.25) is 11.8 Å². The summed E-state index contributed by atoms with van der Waals surface area (Å²) in [6, 6.07) is 11.1. The van der Waals surface area contributed by atoms with Crippen LogP contribution in [0.15, 0.2) is 36.4 Å². The van der Waals surface area contributed by atoms with Crippen LogP contribution in [0.5, 0.6) is 5.75 Å². The maximum absolute atomic E-state index is 13.4. The first-order valence-corrected chi connectivity index (χ1v) is 13.1. The van der Waals surface area contributed by atoms with Crippen molar-refractivity contribution in [1.82, 2.24) is 20.1 Å². The molecule has 38 heavy (non-hydrogen) atoms. The largest absolute Gasteiger partial charge is 0.497 e. The number of carbonyl (C=O) groups is 4. The highest BCUT2D eigenvalue weighted by Gasteiger charge is 2.39. The van der Waals surface area contributed by atoms with E-state index in [-0.39, 0.29) is 30.1 Å². The number of ether oxygens (including phenoxy) is 1. The molecular weight excluding hydrogens is 484 g/mol. The number of aryl methyl sites for hydroxylation is 1. The van der Waals surface area contributed by atoms with Gasteiger partial charge in [0.1, 0.15) is 17.5 Å². The van der Waals surface area contributed by atoms with Crippen LogP contribution in [0.2, 0.25) is 0 Å². The molecule has 1 atom stereocenters. The number of carbonyl (C=O) groups excluding carboxylic acids is 4. The first kappa shape index (κ1) is 24.2. The number of methoxy groups -OCH3 is 1. The van der Waals surface area contributed by atoms with E-state index in [2.05, 4.69) is 16.4 Å². The molecule has 1 aromatic heterocycles. The zero-order valence-electron chi connectivity index (χ0n) is 21.5. The van der Waals surface area contributed by atoms with Crippen LogP contribution in [0.25, 0.3) is 10.9 Å². The van der Waals surface area contributed by atoms with Gasteiger partial charge in [0, 0.05) is 48.6 Å². The predicted molar refractivity (Wildman–Crippen MR) is 140 cm³/mol. The van der Waals surface area contributed by atoms with Gasteiger partial charge in [-0.25, -0.2) is 0 Å². The molecular formula is C29H30N4O5. The Morgan fingerprint density at radius 3 is 2.55 bits per heavy atom. The van der Waals surface area contributed by atoms with E-state index in [1.54, 1.807) is 12.0 Å². The smallest absolute Gasteiger partial charge is 0.270 e. The summed E-state index contributed by atoms with van der Waals surface area (Å²) >= 11 is 0. The number of hydrogen-bond donors (Lipinski definition) is 2. The van der Waals surface area contributed by atoms with Crippen molar-refractivity contribution >= 4 is 34.5 Å². The quantitative estimate of drug-likeness (QED) is 0.519. The van der Waals surface area contributed by atoms with Gasteiger partial charge in [0.15, 0.2) is 0 Å². The first-order valence-electron chi connectivity index (χ1n) is 13.1. The fraction of sp³-hybridized carbons (Fsp3) is 0.379. The summed E-state index contributed by atoms with van der Waals surface area (Å²) in [5.41, 5.74) is 5.15. The van der Waals surface area contributed by atoms with Gasteiger partial charge in [-0.05, 0) is 67.0 Å². The monoisotopic (exact) mass is 514 g/mol. The molecule has 3 aromatic rings. The highest BCUT2D eigenvalue weighted by Crippen LogP contribution is 2.34. The van der Waals surface area contributed by atoms with Gasteiger partial charge >= 0.3 is 0 Å². The Morgan fingerprint density at radius 1 is 1.03 bits per heavy atom. The molecule has 4 amide bonds. The van der Waals surface area contributed by atoms with Gasteiger partial charge in [-0.15, -0.1) is 0 Å². The third kappa shape index (κ3) is 4.02. The molecule has 2 aromatic carbocycles. The topological polar surface area (TPSA) is 112 Å². The number of hydrogen-bond acceptors (Lipinski definition) is 5. The van der Waals surface area contributed by atoms with Crippen LogP contribution in [-0.2, 0) is 16.1 Å². The normalized spacial score (nSPS) is 20.2. The Bertz CT molecular complexity index is 1480. The Hall–Kier alpha value is -4.14. The van der Waals surface area contributed by atoms with Crippen molar-refractivity contribution in [2.75, 3.05) is 20.2 Å². The van der Waals surface area contributed by atoms with E-state index in [4.69, 9.17) is 4.74 Å². The number of nitrogens with zero attached hydrogens (tertiary/aromatic N) is 2. The van der Waals surface area contributed by atoms with Gasteiger partial charge in [-0.2, -0.15) is 0 Å². The second-order valence-corrected chi connectivity index (χ2v) is 10.4. The van der Waals surface area contributed by atoms with Gasteiger partial charge in [0.05, 0.1) is 7.11 Å².